The van der Waals surface area contributed by atoms with Crippen molar-refractivity contribution in [3.8, 4) is 11.5 Å². The lowest BCUT2D eigenvalue weighted by Gasteiger charge is -2.12. The van der Waals surface area contributed by atoms with Crippen LogP contribution in [-0.4, -0.2) is 22.8 Å². The van der Waals surface area contributed by atoms with E-state index in [4.69, 9.17) is 9.84 Å². The molecule has 0 bridgehead atoms. The first-order valence-corrected chi connectivity index (χ1v) is 5.73. The van der Waals surface area contributed by atoms with Gasteiger partial charge in [-0.2, -0.15) is 0 Å². The molecule has 1 atom stereocenters. The zero-order valence-electron chi connectivity index (χ0n) is 10.1. The van der Waals surface area contributed by atoms with E-state index in [1.807, 2.05) is 0 Å². The minimum absolute atomic E-state index is 0.134. The summed E-state index contributed by atoms with van der Waals surface area (Å²) in [5.41, 5.74) is -0.134. The lowest BCUT2D eigenvalue weighted by Crippen LogP contribution is -2.08. The number of ether oxygens (including phenoxy) is 1. The molecule has 0 amide bonds. The van der Waals surface area contributed by atoms with Gasteiger partial charge in [0.1, 0.15) is 17.1 Å². The van der Waals surface area contributed by atoms with E-state index in [0.29, 0.717) is 18.3 Å². The van der Waals surface area contributed by atoms with Gasteiger partial charge in [-0.3, -0.25) is 0 Å². The molecule has 0 aromatic heterocycles. The topological polar surface area (TPSA) is 66.8 Å². The standard InChI is InChI=1S/C13H18O4/c1-3-4-9(2)8-17-10-5-6-12(14)11(7-10)13(15)16/h5-7,9,14H,3-4,8H2,1-2H3,(H,15,16). The first-order chi connectivity index (χ1) is 8.04. The Bertz CT molecular complexity index is 387. The molecule has 0 aliphatic carbocycles. The number of hydrogen-bond acceptors (Lipinski definition) is 3. The number of hydrogen-bond donors (Lipinski definition) is 2. The highest BCUT2D eigenvalue weighted by atomic mass is 16.5. The third-order valence-electron chi connectivity index (χ3n) is 2.51. The van der Waals surface area contributed by atoms with E-state index in [2.05, 4.69) is 13.8 Å². The van der Waals surface area contributed by atoms with Crippen molar-refractivity contribution in [2.45, 2.75) is 26.7 Å². The van der Waals surface area contributed by atoms with Crippen LogP contribution in [0.15, 0.2) is 18.2 Å². The Morgan fingerprint density at radius 3 is 2.76 bits per heavy atom. The highest BCUT2D eigenvalue weighted by molar-refractivity contribution is 5.91. The van der Waals surface area contributed by atoms with Crippen molar-refractivity contribution >= 4 is 5.97 Å². The molecule has 4 heteroatoms. The van der Waals surface area contributed by atoms with Crippen LogP contribution in [0.1, 0.15) is 37.0 Å². The van der Waals surface area contributed by atoms with Gasteiger partial charge in [-0.1, -0.05) is 20.3 Å². The molecule has 0 aliphatic heterocycles. The average Bonchev–Trinajstić information content (AvgIpc) is 2.28. The monoisotopic (exact) mass is 238 g/mol. The molecule has 1 aromatic rings. The maximum Gasteiger partial charge on any atom is 0.339 e. The average molecular weight is 238 g/mol. The van der Waals surface area contributed by atoms with Gasteiger partial charge in [-0.15, -0.1) is 0 Å². The number of carboxylic acid groups (broad SMARTS) is 1. The summed E-state index contributed by atoms with van der Waals surface area (Å²) >= 11 is 0. The fraction of sp³-hybridized carbons (Fsp3) is 0.462. The number of rotatable bonds is 6. The highest BCUT2D eigenvalue weighted by Gasteiger charge is 2.11. The lowest BCUT2D eigenvalue weighted by molar-refractivity contribution is 0.0693. The van der Waals surface area contributed by atoms with Crippen molar-refractivity contribution in [2.24, 2.45) is 5.92 Å². The van der Waals surface area contributed by atoms with Gasteiger partial charge in [-0.25, -0.2) is 4.79 Å². The van der Waals surface area contributed by atoms with Gasteiger partial charge in [-0.05, 0) is 30.5 Å². The van der Waals surface area contributed by atoms with Gasteiger partial charge in [0.25, 0.3) is 0 Å². The Morgan fingerprint density at radius 2 is 2.18 bits per heavy atom. The number of benzene rings is 1. The van der Waals surface area contributed by atoms with E-state index in [0.717, 1.165) is 12.8 Å². The van der Waals surface area contributed by atoms with Crippen LogP contribution in [0.4, 0.5) is 0 Å². The molecule has 4 nitrogen and oxygen atoms in total. The minimum atomic E-state index is -1.16. The maximum atomic E-state index is 10.8. The van der Waals surface area contributed by atoms with Crippen LogP contribution in [0.2, 0.25) is 0 Å². The number of aromatic carboxylic acids is 1. The minimum Gasteiger partial charge on any atom is -0.507 e. The summed E-state index contributed by atoms with van der Waals surface area (Å²) in [5, 5.41) is 18.2. The Kier molecular flexibility index (Phi) is 4.82. The summed E-state index contributed by atoms with van der Waals surface area (Å²) < 4.78 is 5.49. The SMILES string of the molecule is CCCC(C)COc1ccc(O)c(C(=O)O)c1. The van der Waals surface area contributed by atoms with Gasteiger partial charge < -0.3 is 14.9 Å². The van der Waals surface area contributed by atoms with Gasteiger partial charge in [0.15, 0.2) is 0 Å². The fourth-order valence-electron chi connectivity index (χ4n) is 1.59. The molecule has 1 unspecified atom stereocenters. The number of carbonyl (C=O) groups is 1. The molecule has 0 radical (unpaired) electrons. The van der Waals surface area contributed by atoms with Crippen molar-refractivity contribution in [3.63, 3.8) is 0 Å². The molecular weight excluding hydrogens is 220 g/mol. The van der Waals surface area contributed by atoms with Crippen molar-refractivity contribution in [2.75, 3.05) is 6.61 Å². The largest absolute Gasteiger partial charge is 0.507 e. The molecule has 0 heterocycles. The number of phenols is 1. The van der Waals surface area contributed by atoms with E-state index in [1.165, 1.54) is 12.1 Å². The van der Waals surface area contributed by atoms with E-state index < -0.39 is 5.97 Å². The zero-order chi connectivity index (χ0) is 12.8. The molecule has 2 N–H and O–H groups in total. The molecule has 0 spiro atoms. The summed E-state index contributed by atoms with van der Waals surface area (Å²) in [6.07, 6.45) is 2.17. The Balaban J connectivity index is 2.66. The third kappa shape index (κ3) is 3.98. The van der Waals surface area contributed by atoms with Crippen molar-refractivity contribution in [3.05, 3.63) is 23.8 Å². The smallest absolute Gasteiger partial charge is 0.339 e. The molecule has 1 aromatic carbocycles. The van der Waals surface area contributed by atoms with Crippen LogP contribution in [0.5, 0.6) is 11.5 Å². The quantitative estimate of drug-likeness (QED) is 0.799. The lowest BCUT2D eigenvalue weighted by atomic mass is 10.1. The first-order valence-electron chi connectivity index (χ1n) is 5.73. The van der Waals surface area contributed by atoms with E-state index >= 15 is 0 Å². The van der Waals surface area contributed by atoms with Crippen molar-refractivity contribution in [1.29, 1.82) is 0 Å². The van der Waals surface area contributed by atoms with Crippen molar-refractivity contribution < 1.29 is 19.7 Å². The summed E-state index contributed by atoms with van der Waals surface area (Å²) in [7, 11) is 0. The molecular formula is C13H18O4. The normalized spacial score (nSPS) is 12.1. The van der Waals surface area contributed by atoms with Crippen LogP contribution in [0.25, 0.3) is 0 Å². The van der Waals surface area contributed by atoms with Crippen LogP contribution in [0, 0.1) is 5.92 Å². The van der Waals surface area contributed by atoms with Crippen LogP contribution in [0.3, 0.4) is 0 Å². The summed E-state index contributed by atoms with van der Waals surface area (Å²) in [4.78, 5) is 10.8. The first kappa shape index (κ1) is 13.4. The van der Waals surface area contributed by atoms with E-state index in [-0.39, 0.29) is 11.3 Å². The number of aromatic hydroxyl groups is 1. The van der Waals surface area contributed by atoms with Gasteiger partial charge in [0.2, 0.25) is 0 Å². The predicted molar refractivity (Wildman–Crippen MR) is 64.6 cm³/mol. The Hall–Kier alpha value is -1.71. The van der Waals surface area contributed by atoms with Crippen LogP contribution >= 0.6 is 0 Å². The van der Waals surface area contributed by atoms with Gasteiger partial charge in [0, 0.05) is 0 Å². The van der Waals surface area contributed by atoms with E-state index in [1.54, 1.807) is 6.07 Å². The molecule has 0 saturated carbocycles. The van der Waals surface area contributed by atoms with Gasteiger partial charge in [0.05, 0.1) is 6.61 Å². The van der Waals surface area contributed by atoms with E-state index in [9.17, 15) is 9.90 Å². The second-order valence-corrected chi connectivity index (χ2v) is 4.19. The van der Waals surface area contributed by atoms with Crippen LogP contribution < -0.4 is 4.74 Å². The number of carboxylic acids is 1. The Morgan fingerprint density at radius 1 is 1.47 bits per heavy atom. The second kappa shape index (κ2) is 6.13. The summed E-state index contributed by atoms with van der Waals surface area (Å²) in [6, 6.07) is 4.25. The molecule has 94 valence electrons. The highest BCUT2D eigenvalue weighted by Crippen LogP contribution is 2.23. The molecule has 0 aliphatic rings. The molecule has 17 heavy (non-hydrogen) atoms. The maximum absolute atomic E-state index is 10.8. The van der Waals surface area contributed by atoms with Crippen LogP contribution in [-0.2, 0) is 0 Å². The molecule has 0 fully saturated rings. The predicted octanol–water partition coefficient (Wildman–Crippen LogP) is 2.91. The summed E-state index contributed by atoms with van der Waals surface area (Å²) in [6.45, 7) is 4.75. The fourth-order valence-corrected chi connectivity index (χ4v) is 1.59. The second-order valence-electron chi connectivity index (χ2n) is 4.19. The Labute approximate surface area is 101 Å². The van der Waals surface area contributed by atoms with Gasteiger partial charge >= 0.3 is 5.97 Å². The summed E-state index contributed by atoms with van der Waals surface area (Å²) in [5.74, 6) is -0.494. The molecule has 1 rings (SSSR count). The zero-order valence-corrected chi connectivity index (χ0v) is 10.1. The van der Waals surface area contributed by atoms with Crippen molar-refractivity contribution in [1.82, 2.24) is 0 Å². The molecule has 0 saturated heterocycles. The third-order valence-corrected chi connectivity index (χ3v) is 2.51.